The lowest BCUT2D eigenvalue weighted by atomic mass is 10.1. The van der Waals surface area contributed by atoms with E-state index in [1.807, 2.05) is 30.3 Å². The van der Waals surface area contributed by atoms with Gasteiger partial charge in [0.25, 0.3) is 5.56 Å². The second-order valence-corrected chi connectivity index (χ2v) is 6.52. The standard InChI is InChI=1S/C24H19NO4/c1-28-19-13-11-18(12-14-19)25-15-22(20-9-5-6-10-21(20)23(25)26)24(27)29-16-17-7-3-2-4-8-17/h2-15H,16H2,1H3. The van der Waals surface area contributed by atoms with Crippen LogP contribution in [0, 0.1) is 0 Å². The van der Waals surface area contributed by atoms with Gasteiger partial charge in [-0.05, 0) is 35.9 Å². The summed E-state index contributed by atoms with van der Waals surface area (Å²) in [6.07, 6.45) is 1.54. The highest BCUT2D eigenvalue weighted by molar-refractivity contribution is 6.04. The number of esters is 1. The maximum atomic E-state index is 13.0. The highest BCUT2D eigenvalue weighted by atomic mass is 16.5. The van der Waals surface area contributed by atoms with E-state index in [2.05, 4.69) is 0 Å². The molecule has 0 atom stereocenters. The van der Waals surface area contributed by atoms with Crippen LogP contribution in [0.3, 0.4) is 0 Å². The van der Waals surface area contributed by atoms with Crippen molar-refractivity contribution >= 4 is 16.7 Å². The first kappa shape index (κ1) is 18.5. The summed E-state index contributed by atoms with van der Waals surface area (Å²) in [6, 6.07) is 23.6. The fourth-order valence-electron chi connectivity index (χ4n) is 3.19. The molecule has 0 saturated heterocycles. The average molecular weight is 385 g/mol. The molecule has 0 amide bonds. The molecule has 0 fully saturated rings. The third-order valence-corrected chi connectivity index (χ3v) is 4.71. The highest BCUT2D eigenvalue weighted by Crippen LogP contribution is 2.20. The number of methoxy groups -OCH3 is 1. The van der Waals surface area contributed by atoms with Gasteiger partial charge in [0, 0.05) is 22.7 Å². The van der Waals surface area contributed by atoms with Crippen LogP contribution < -0.4 is 10.3 Å². The van der Waals surface area contributed by atoms with Gasteiger partial charge in [0.15, 0.2) is 0 Å². The third kappa shape index (κ3) is 3.75. The van der Waals surface area contributed by atoms with E-state index in [-0.39, 0.29) is 12.2 Å². The number of hydrogen-bond donors (Lipinski definition) is 0. The molecule has 4 rings (SSSR count). The van der Waals surface area contributed by atoms with E-state index in [0.29, 0.717) is 27.8 Å². The van der Waals surface area contributed by atoms with E-state index in [4.69, 9.17) is 9.47 Å². The van der Waals surface area contributed by atoms with Crippen LogP contribution in [-0.4, -0.2) is 17.6 Å². The number of rotatable bonds is 5. The zero-order valence-electron chi connectivity index (χ0n) is 15.9. The number of carbonyl (C=O) groups is 1. The van der Waals surface area contributed by atoms with Crippen molar-refractivity contribution < 1.29 is 14.3 Å². The number of benzene rings is 3. The molecule has 144 valence electrons. The van der Waals surface area contributed by atoms with E-state index in [9.17, 15) is 9.59 Å². The minimum absolute atomic E-state index is 0.162. The lowest BCUT2D eigenvalue weighted by molar-refractivity contribution is 0.0474. The van der Waals surface area contributed by atoms with Crippen molar-refractivity contribution in [1.29, 1.82) is 0 Å². The van der Waals surface area contributed by atoms with Crippen molar-refractivity contribution in [2.24, 2.45) is 0 Å². The number of aromatic nitrogens is 1. The number of fused-ring (bicyclic) bond motifs is 1. The number of hydrogen-bond acceptors (Lipinski definition) is 4. The van der Waals surface area contributed by atoms with Gasteiger partial charge in [0.2, 0.25) is 0 Å². The van der Waals surface area contributed by atoms with E-state index < -0.39 is 5.97 Å². The minimum atomic E-state index is -0.479. The van der Waals surface area contributed by atoms with E-state index in [1.54, 1.807) is 61.8 Å². The summed E-state index contributed by atoms with van der Waals surface area (Å²) in [5, 5.41) is 1.03. The van der Waals surface area contributed by atoms with Crippen molar-refractivity contribution in [2.45, 2.75) is 6.61 Å². The van der Waals surface area contributed by atoms with Gasteiger partial charge < -0.3 is 9.47 Å². The molecule has 0 aliphatic heterocycles. The van der Waals surface area contributed by atoms with Gasteiger partial charge in [0.1, 0.15) is 12.4 Å². The lowest BCUT2D eigenvalue weighted by Gasteiger charge is -2.13. The van der Waals surface area contributed by atoms with Gasteiger partial charge in [-0.2, -0.15) is 0 Å². The fourth-order valence-corrected chi connectivity index (χ4v) is 3.19. The van der Waals surface area contributed by atoms with Gasteiger partial charge in [0.05, 0.1) is 12.7 Å². The van der Waals surface area contributed by atoms with Crippen LogP contribution in [0.4, 0.5) is 0 Å². The Labute approximate surface area is 167 Å². The number of ether oxygens (including phenoxy) is 2. The summed E-state index contributed by atoms with van der Waals surface area (Å²) in [7, 11) is 1.58. The molecule has 4 aromatic rings. The zero-order valence-corrected chi connectivity index (χ0v) is 15.9. The van der Waals surface area contributed by atoms with Crippen molar-refractivity contribution in [3.05, 3.63) is 107 Å². The molecule has 0 unspecified atom stereocenters. The highest BCUT2D eigenvalue weighted by Gasteiger charge is 2.17. The monoisotopic (exact) mass is 385 g/mol. The number of pyridine rings is 1. The topological polar surface area (TPSA) is 57.5 Å². The van der Waals surface area contributed by atoms with Gasteiger partial charge in [-0.15, -0.1) is 0 Å². The number of nitrogens with zero attached hydrogens (tertiary/aromatic N) is 1. The zero-order chi connectivity index (χ0) is 20.2. The maximum Gasteiger partial charge on any atom is 0.340 e. The Morgan fingerprint density at radius 3 is 2.21 bits per heavy atom. The minimum Gasteiger partial charge on any atom is -0.497 e. The maximum absolute atomic E-state index is 13.0. The van der Waals surface area contributed by atoms with Gasteiger partial charge in [-0.25, -0.2) is 4.79 Å². The quantitative estimate of drug-likeness (QED) is 0.479. The molecule has 1 aromatic heterocycles. The second-order valence-electron chi connectivity index (χ2n) is 6.52. The first-order valence-electron chi connectivity index (χ1n) is 9.17. The molecule has 0 N–H and O–H groups in total. The first-order valence-corrected chi connectivity index (χ1v) is 9.17. The smallest absolute Gasteiger partial charge is 0.340 e. The van der Waals surface area contributed by atoms with Crippen molar-refractivity contribution in [2.75, 3.05) is 7.11 Å². The molecule has 5 nitrogen and oxygen atoms in total. The second kappa shape index (κ2) is 8.02. The van der Waals surface area contributed by atoms with E-state index in [0.717, 1.165) is 5.56 Å². The van der Waals surface area contributed by atoms with Gasteiger partial charge >= 0.3 is 5.97 Å². The van der Waals surface area contributed by atoms with Gasteiger partial charge in [-0.1, -0.05) is 48.5 Å². The van der Waals surface area contributed by atoms with Gasteiger partial charge in [-0.3, -0.25) is 9.36 Å². The summed E-state index contributed by atoms with van der Waals surface area (Å²) in [5.41, 5.74) is 1.67. The predicted octanol–water partition coefficient (Wildman–Crippen LogP) is 4.36. The van der Waals surface area contributed by atoms with E-state index in [1.165, 1.54) is 4.57 Å². The molecular formula is C24H19NO4. The molecule has 5 heteroatoms. The molecule has 1 heterocycles. The molecule has 0 spiro atoms. The van der Waals surface area contributed by atoms with Crippen molar-refractivity contribution in [3.63, 3.8) is 0 Å². The van der Waals surface area contributed by atoms with Crippen LogP contribution in [0.2, 0.25) is 0 Å². The predicted molar refractivity (Wildman–Crippen MR) is 112 cm³/mol. The Bertz CT molecular complexity index is 1210. The Morgan fingerprint density at radius 1 is 0.862 bits per heavy atom. The van der Waals surface area contributed by atoms with Crippen LogP contribution >= 0.6 is 0 Å². The normalized spacial score (nSPS) is 10.7. The summed E-state index contributed by atoms with van der Waals surface area (Å²) >= 11 is 0. The van der Waals surface area contributed by atoms with Crippen LogP contribution in [0.1, 0.15) is 15.9 Å². The van der Waals surface area contributed by atoms with Crippen molar-refractivity contribution in [3.8, 4) is 11.4 Å². The van der Waals surface area contributed by atoms with E-state index >= 15 is 0 Å². The van der Waals surface area contributed by atoms with Crippen LogP contribution in [0.25, 0.3) is 16.5 Å². The largest absolute Gasteiger partial charge is 0.497 e. The molecule has 0 aliphatic rings. The molecule has 29 heavy (non-hydrogen) atoms. The number of carbonyl (C=O) groups excluding carboxylic acids is 1. The molecule has 3 aromatic carbocycles. The summed E-state index contributed by atoms with van der Waals surface area (Å²) in [6.45, 7) is 0.162. The lowest BCUT2D eigenvalue weighted by Crippen LogP contribution is -2.21. The summed E-state index contributed by atoms with van der Waals surface area (Å²) in [4.78, 5) is 25.9. The molecule has 0 saturated carbocycles. The van der Waals surface area contributed by atoms with Crippen LogP contribution in [0.15, 0.2) is 89.9 Å². The molecule has 0 radical (unpaired) electrons. The SMILES string of the molecule is COc1ccc(-n2cc(C(=O)OCc3ccccc3)c3ccccc3c2=O)cc1. The molecule has 0 aliphatic carbocycles. The molecular weight excluding hydrogens is 366 g/mol. The fraction of sp³-hybridized carbons (Fsp3) is 0.0833. The Hall–Kier alpha value is -3.86. The molecule has 0 bridgehead atoms. The third-order valence-electron chi connectivity index (χ3n) is 4.71. The Morgan fingerprint density at radius 2 is 1.52 bits per heavy atom. The summed E-state index contributed by atoms with van der Waals surface area (Å²) < 4.78 is 12.2. The Balaban J connectivity index is 1.77. The van der Waals surface area contributed by atoms with Crippen molar-refractivity contribution in [1.82, 2.24) is 4.57 Å². The van der Waals surface area contributed by atoms with Crippen LogP contribution in [-0.2, 0) is 11.3 Å². The Kier molecular flexibility index (Phi) is 5.12. The van der Waals surface area contributed by atoms with Crippen LogP contribution in [0.5, 0.6) is 5.75 Å². The first-order chi connectivity index (χ1) is 14.2. The summed E-state index contributed by atoms with van der Waals surface area (Å²) in [5.74, 6) is 0.206. The average Bonchev–Trinajstić information content (AvgIpc) is 2.79.